The fourth-order valence-corrected chi connectivity index (χ4v) is 1.96. The number of nitrogens with one attached hydrogen (secondary N) is 1. The highest BCUT2D eigenvalue weighted by Gasteiger charge is 2.34. The fraction of sp³-hybridized carbons (Fsp3) is 0.875. The molecule has 1 saturated carbocycles. The van der Waals surface area contributed by atoms with Gasteiger partial charge in [-0.3, -0.25) is 10.0 Å². The summed E-state index contributed by atoms with van der Waals surface area (Å²) in [4.78, 5) is 10.9. The Morgan fingerprint density at radius 1 is 1.50 bits per heavy atom. The van der Waals surface area contributed by atoms with E-state index in [0.717, 1.165) is 25.7 Å². The quantitative estimate of drug-likeness (QED) is 0.426. The van der Waals surface area contributed by atoms with Crippen molar-refractivity contribution in [1.29, 1.82) is 0 Å². The summed E-state index contributed by atoms with van der Waals surface area (Å²) in [5.41, 5.74) is 7.23. The minimum Gasteiger partial charge on any atom is -0.330 e. The number of amides is 1. The Balaban J connectivity index is 2.49. The van der Waals surface area contributed by atoms with Crippen LogP contribution in [-0.2, 0) is 4.79 Å². The molecule has 1 aliphatic rings. The van der Waals surface area contributed by atoms with Gasteiger partial charge in [0.1, 0.15) is 0 Å². The maximum absolute atomic E-state index is 10.9. The Morgan fingerprint density at radius 2 is 2.08 bits per heavy atom. The predicted molar refractivity (Wildman–Crippen MR) is 44.5 cm³/mol. The molecule has 12 heavy (non-hydrogen) atoms. The standard InChI is InChI=1S/C8H16N2O2/c9-6-8(3-1-2-4-8)5-7(11)10-12/h12H,1-6,9H2,(H,10,11). The lowest BCUT2D eigenvalue weighted by atomic mass is 9.83. The van der Waals surface area contributed by atoms with Crippen molar-refractivity contribution in [2.45, 2.75) is 32.1 Å². The largest absolute Gasteiger partial charge is 0.330 e. The van der Waals surface area contributed by atoms with Gasteiger partial charge in [0.05, 0.1) is 0 Å². The Labute approximate surface area is 72.1 Å². The van der Waals surface area contributed by atoms with Crippen LogP contribution in [0.3, 0.4) is 0 Å². The van der Waals surface area contributed by atoms with Crippen molar-refractivity contribution in [2.75, 3.05) is 6.54 Å². The zero-order valence-electron chi connectivity index (χ0n) is 7.18. The molecular formula is C8H16N2O2. The molecule has 4 nitrogen and oxygen atoms in total. The van der Waals surface area contributed by atoms with E-state index in [0.29, 0.717) is 13.0 Å². The van der Waals surface area contributed by atoms with E-state index in [1.165, 1.54) is 0 Å². The summed E-state index contributed by atoms with van der Waals surface area (Å²) in [7, 11) is 0. The fourth-order valence-electron chi connectivity index (χ4n) is 1.96. The third-order valence-corrected chi connectivity index (χ3v) is 2.76. The van der Waals surface area contributed by atoms with Crippen LogP contribution in [0.1, 0.15) is 32.1 Å². The van der Waals surface area contributed by atoms with Gasteiger partial charge >= 0.3 is 0 Å². The normalized spacial score (nSPS) is 20.8. The molecule has 0 heterocycles. The second-order valence-electron chi connectivity index (χ2n) is 3.62. The molecule has 0 aromatic carbocycles. The Kier molecular flexibility index (Phi) is 3.05. The zero-order valence-corrected chi connectivity index (χ0v) is 7.18. The average Bonchev–Trinajstić information content (AvgIpc) is 2.54. The van der Waals surface area contributed by atoms with E-state index in [2.05, 4.69) is 0 Å². The summed E-state index contributed by atoms with van der Waals surface area (Å²) in [6.45, 7) is 0.542. The maximum atomic E-state index is 10.9. The molecule has 1 amide bonds. The van der Waals surface area contributed by atoms with E-state index in [1.54, 1.807) is 5.48 Å². The molecule has 0 radical (unpaired) electrons. The topological polar surface area (TPSA) is 75.4 Å². The van der Waals surface area contributed by atoms with Crippen LogP contribution in [0.5, 0.6) is 0 Å². The van der Waals surface area contributed by atoms with E-state index in [-0.39, 0.29) is 11.3 Å². The van der Waals surface area contributed by atoms with Crippen LogP contribution in [0.25, 0.3) is 0 Å². The number of carbonyl (C=O) groups is 1. The van der Waals surface area contributed by atoms with Gasteiger partial charge in [0.2, 0.25) is 5.91 Å². The van der Waals surface area contributed by atoms with Crippen molar-refractivity contribution < 1.29 is 10.0 Å². The molecule has 0 aromatic rings. The average molecular weight is 172 g/mol. The highest BCUT2D eigenvalue weighted by atomic mass is 16.5. The number of hydroxylamine groups is 1. The first-order chi connectivity index (χ1) is 5.72. The monoisotopic (exact) mass is 172 g/mol. The van der Waals surface area contributed by atoms with Crippen LogP contribution in [0, 0.1) is 5.41 Å². The number of hydrogen-bond acceptors (Lipinski definition) is 3. The molecule has 0 unspecified atom stereocenters. The summed E-state index contributed by atoms with van der Waals surface area (Å²) in [6, 6.07) is 0. The molecule has 1 aliphatic carbocycles. The molecule has 1 rings (SSSR count). The molecule has 0 bridgehead atoms. The molecule has 70 valence electrons. The third kappa shape index (κ3) is 1.95. The minimum absolute atomic E-state index is 0.0349. The maximum Gasteiger partial charge on any atom is 0.243 e. The van der Waals surface area contributed by atoms with Crippen molar-refractivity contribution in [3.05, 3.63) is 0 Å². The molecule has 0 aromatic heterocycles. The van der Waals surface area contributed by atoms with Gasteiger partial charge in [0, 0.05) is 6.42 Å². The van der Waals surface area contributed by atoms with Gasteiger partial charge in [0.25, 0.3) is 0 Å². The third-order valence-electron chi connectivity index (χ3n) is 2.76. The molecule has 0 spiro atoms. The number of hydrogen-bond donors (Lipinski definition) is 3. The zero-order chi connectivity index (χ0) is 9.03. The first kappa shape index (κ1) is 9.48. The SMILES string of the molecule is NCC1(CC(=O)NO)CCCC1. The van der Waals surface area contributed by atoms with Crippen LogP contribution in [-0.4, -0.2) is 17.7 Å². The molecule has 0 saturated heterocycles. The van der Waals surface area contributed by atoms with Gasteiger partial charge < -0.3 is 5.73 Å². The van der Waals surface area contributed by atoms with Crippen LogP contribution in [0.2, 0.25) is 0 Å². The van der Waals surface area contributed by atoms with Crippen molar-refractivity contribution in [3.63, 3.8) is 0 Å². The lowest BCUT2D eigenvalue weighted by Gasteiger charge is -2.25. The molecule has 0 atom stereocenters. The second-order valence-corrected chi connectivity index (χ2v) is 3.62. The van der Waals surface area contributed by atoms with Crippen LogP contribution in [0.15, 0.2) is 0 Å². The minimum atomic E-state index is -0.317. The van der Waals surface area contributed by atoms with Crippen LogP contribution >= 0.6 is 0 Å². The number of carbonyl (C=O) groups excluding carboxylic acids is 1. The first-order valence-corrected chi connectivity index (χ1v) is 4.35. The first-order valence-electron chi connectivity index (χ1n) is 4.35. The number of nitrogens with two attached hydrogens (primary N) is 1. The molecule has 4 heteroatoms. The summed E-state index contributed by atoms with van der Waals surface area (Å²) in [6.07, 6.45) is 4.68. The molecular weight excluding hydrogens is 156 g/mol. The lowest BCUT2D eigenvalue weighted by Crippen LogP contribution is -2.34. The highest BCUT2D eigenvalue weighted by molar-refractivity contribution is 5.75. The lowest BCUT2D eigenvalue weighted by molar-refractivity contribution is -0.131. The molecule has 1 fully saturated rings. The van der Waals surface area contributed by atoms with Crippen molar-refractivity contribution in [1.82, 2.24) is 5.48 Å². The number of rotatable bonds is 3. The van der Waals surface area contributed by atoms with Crippen molar-refractivity contribution in [2.24, 2.45) is 11.1 Å². The summed E-state index contributed by atoms with van der Waals surface area (Å²) < 4.78 is 0. The van der Waals surface area contributed by atoms with E-state index in [9.17, 15) is 4.79 Å². The summed E-state index contributed by atoms with van der Waals surface area (Å²) >= 11 is 0. The Bertz CT molecular complexity index is 164. The van der Waals surface area contributed by atoms with Gasteiger partial charge in [-0.2, -0.15) is 0 Å². The van der Waals surface area contributed by atoms with Gasteiger partial charge in [-0.1, -0.05) is 12.8 Å². The highest BCUT2D eigenvalue weighted by Crippen LogP contribution is 2.39. The van der Waals surface area contributed by atoms with Gasteiger partial charge in [-0.05, 0) is 24.8 Å². The van der Waals surface area contributed by atoms with E-state index < -0.39 is 0 Å². The van der Waals surface area contributed by atoms with Crippen molar-refractivity contribution in [3.8, 4) is 0 Å². The predicted octanol–water partition coefficient (Wildman–Crippen LogP) is 0.401. The van der Waals surface area contributed by atoms with E-state index in [4.69, 9.17) is 10.9 Å². The van der Waals surface area contributed by atoms with Gasteiger partial charge in [-0.15, -0.1) is 0 Å². The summed E-state index contributed by atoms with van der Waals surface area (Å²) in [5.74, 6) is -0.317. The Morgan fingerprint density at radius 3 is 2.50 bits per heavy atom. The molecule has 4 N–H and O–H groups in total. The summed E-state index contributed by atoms with van der Waals surface area (Å²) in [5, 5.41) is 8.36. The second kappa shape index (κ2) is 3.87. The van der Waals surface area contributed by atoms with Gasteiger partial charge in [0.15, 0.2) is 0 Å². The van der Waals surface area contributed by atoms with E-state index >= 15 is 0 Å². The molecule has 0 aliphatic heterocycles. The van der Waals surface area contributed by atoms with Gasteiger partial charge in [-0.25, -0.2) is 5.48 Å². The van der Waals surface area contributed by atoms with Crippen LogP contribution < -0.4 is 11.2 Å². The van der Waals surface area contributed by atoms with Crippen LogP contribution in [0.4, 0.5) is 0 Å². The smallest absolute Gasteiger partial charge is 0.243 e. The van der Waals surface area contributed by atoms with E-state index in [1.807, 2.05) is 0 Å². The Hall–Kier alpha value is -0.610. The van der Waals surface area contributed by atoms with Crippen molar-refractivity contribution >= 4 is 5.91 Å².